The van der Waals surface area contributed by atoms with Crippen molar-refractivity contribution < 1.29 is 4.79 Å². The SMILES string of the molecule is Cc1ccc(NC(=O)CCN2C(=S)NC(c3ccccn3)C2c2cc(C)n(Cc3ccncc3)c2C)cc1. The molecular weight excluding hydrogens is 492 g/mol. The van der Waals surface area contributed by atoms with E-state index in [4.69, 9.17) is 12.2 Å². The van der Waals surface area contributed by atoms with Gasteiger partial charge in [0.1, 0.15) is 0 Å². The summed E-state index contributed by atoms with van der Waals surface area (Å²) in [7, 11) is 0. The number of nitrogens with one attached hydrogen (secondary N) is 2. The number of nitrogens with zero attached hydrogens (tertiary/aromatic N) is 4. The molecule has 5 rings (SSSR count). The van der Waals surface area contributed by atoms with Crippen LogP contribution >= 0.6 is 12.2 Å². The molecule has 4 aromatic rings. The first-order valence-electron chi connectivity index (χ1n) is 12.8. The molecule has 1 saturated heterocycles. The number of aromatic nitrogens is 3. The van der Waals surface area contributed by atoms with Crippen LogP contribution in [0.3, 0.4) is 0 Å². The average molecular weight is 525 g/mol. The van der Waals surface area contributed by atoms with E-state index in [2.05, 4.69) is 50.0 Å². The summed E-state index contributed by atoms with van der Waals surface area (Å²) in [4.78, 5) is 23.8. The molecule has 0 spiro atoms. The summed E-state index contributed by atoms with van der Waals surface area (Å²) in [5.74, 6) is -0.0418. The Balaban J connectivity index is 1.42. The lowest BCUT2D eigenvalue weighted by Crippen LogP contribution is -2.33. The van der Waals surface area contributed by atoms with Crippen LogP contribution in [0.15, 0.2) is 79.3 Å². The maximum absolute atomic E-state index is 12.9. The van der Waals surface area contributed by atoms with Gasteiger partial charge in [-0.05, 0) is 86.6 Å². The third-order valence-corrected chi connectivity index (χ3v) is 7.49. The zero-order chi connectivity index (χ0) is 26.6. The third-order valence-electron chi connectivity index (χ3n) is 7.13. The summed E-state index contributed by atoms with van der Waals surface area (Å²) in [6.07, 6.45) is 5.77. The molecule has 0 aliphatic carbocycles. The average Bonchev–Trinajstić information content (AvgIpc) is 3.40. The van der Waals surface area contributed by atoms with Crippen LogP contribution in [0.25, 0.3) is 0 Å². The molecule has 1 aromatic carbocycles. The molecule has 8 heteroatoms. The normalized spacial score (nSPS) is 16.9. The van der Waals surface area contributed by atoms with E-state index in [1.54, 1.807) is 0 Å². The van der Waals surface area contributed by atoms with Crippen molar-refractivity contribution in [1.29, 1.82) is 0 Å². The van der Waals surface area contributed by atoms with Gasteiger partial charge in [-0.3, -0.25) is 14.8 Å². The molecule has 2 atom stereocenters. The van der Waals surface area contributed by atoms with Crippen molar-refractivity contribution in [1.82, 2.24) is 24.8 Å². The first-order chi connectivity index (χ1) is 18.4. The molecule has 7 nitrogen and oxygen atoms in total. The third kappa shape index (κ3) is 5.45. The number of anilines is 1. The lowest BCUT2D eigenvalue weighted by Gasteiger charge is -2.28. The first kappa shape index (κ1) is 25.6. The van der Waals surface area contributed by atoms with Gasteiger partial charge >= 0.3 is 0 Å². The van der Waals surface area contributed by atoms with Crippen LogP contribution in [0.2, 0.25) is 0 Å². The fourth-order valence-electron chi connectivity index (χ4n) is 5.11. The van der Waals surface area contributed by atoms with Gasteiger partial charge < -0.3 is 20.1 Å². The molecule has 1 amide bonds. The molecule has 4 heterocycles. The van der Waals surface area contributed by atoms with Crippen LogP contribution in [-0.4, -0.2) is 37.0 Å². The van der Waals surface area contributed by atoms with Crippen LogP contribution < -0.4 is 10.6 Å². The predicted octanol–water partition coefficient (Wildman–Crippen LogP) is 5.25. The fraction of sp³-hybridized carbons (Fsp3) is 0.267. The highest BCUT2D eigenvalue weighted by Gasteiger charge is 2.41. The molecule has 1 aliphatic rings. The van der Waals surface area contributed by atoms with E-state index < -0.39 is 0 Å². The maximum Gasteiger partial charge on any atom is 0.226 e. The summed E-state index contributed by atoms with van der Waals surface area (Å²) < 4.78 is 2.32. The lowest BCUT2D eigenvalue weighted by atomic mass is 9.96. The number of benzene rings is 1. The Bertz CT molecular complexity index is 1420. The summed E-state index contributed by atoms with van der Waals surface area (Å²) in [6.45, 7) is 7.57. The van der Waals surface area contributed by atoms with Crippen molar-refractivity contribution in [2.75, 3.05) is 11.9 Å². The Morgan fingerprint density at radius 1 is 1.03 bits per heavy atom. The predicted molar refractivity (Wildman–Crippen MR) is 154 cm³/mol. The van der Waals surface area contributed by atoms with Crippen molar-refractivity contribution in [3.05, 3.63) is 113 Å². The van der Waals surface area contributed by atoms with Gasteiger partial charge in [0.2, 0.25) is 5.91 Å². The first-order valence-corrected chi connectivity index (χ1v) is 13.2. The second kappa shape index (κ2) is 11.1. The van der Waals surface area contributed by atoms with Crippen molar-refractivity contribution in [2.24, 2.45) is 0 Å². The summed E-state index contributed by atoms with van der Waals surface area (Å²) in [5, 5.41) is 7.14. The van der Waals surface area contributed by atoms with Gasteiger partial charge in [-0.25, -0.2) is 0 Å². The number of thiocarbonyl (C=S) groups is 1. The van der Waals surface area contributed by atoms with E-state index in [0.717, 1.165) is 23.5 Å². The molecule has 2 unspecified atom stereocenters. The summed E-state index contributed by atoms with van der Waals surface area (Å²) in [5.41, 5.74) is 7.59. The number of carbonyl (C=O) groups is 1. The number of amides is 1. The summed E-state index contributed by atoms with van der Waals surface area (Å²) >= 11 is 5.82. The minimum Gasteiger partial charge on any atom is -0.352 e. The van der Waals surface area contributed by atoms with Gasteiger partial charge in [0.05, 0.1) is 17.8 Å². The van der Waals surface area contributed by atoms with E-state index in [1.165, 1.54) is 22.5 Å². The summed E-state index contributed by atoms with van der Waals surface area (Å²) in [6, 6.07) is 19.9. The molecule has 0 bridgehead atoms. The van der Waals surface area contributed by atoms with E-state index in [9.17, 15) is 4.79 Å². The quantitative estimate of drug-likeness (QED) is 0.307. The molecular formula is C30H32N6OS. The molecule has 38 heavy (non-hydrogen) atoms. The number of hydrogen-bond donors (Lipinski definition) is 2. The molecule has 1 aliphatic heterocycles. The molecule has 0 saturated carbocycles. The van der Waals surface area contributed by atoms with E-state index >= 15 is 0 Å². The number of carbonyl (C=O) groups excluding carboxylic acids is 1. The van der Waals surface area contributed by atoms with Crippen LogP contribution in [0.1, 0.15) is 52.3 Å². The second-order valence-corrected chi connectivity index (χ2v) is 10.1. The van der Waals surface area contributed by atoms with E-state index in [0.29, 0.717) is 18.1 Å². The van der Waals surface area contributed by atoms with Gasteiger partial charge in [-0.15, -0.1) is 0 Å². The number of rotatable bonds is 8. The number of aryl methyl sites for hydroxylation is 2. The van der Waals surface area contributed by atoms with Gasteiger partial charge in [0, 0.05) is 55.2 Å². The van der Waals surface area contributed by atoms with E-state index in [1.807, 2.05) is 80.1 Å². The molecule has 1 fully saturated rings. The Morgan fingerprint density at radius 3 is 2.50 bits per heavy atom. The van der Waals surface area contributed by atoms with Crippen LogP contribution in [0.5, 0.6) is 0 Å². The Kier molecular flexibility index (Phi) is 7.51. The fourth-order valence-corrected chi connectivity index (χ4v) is 5.44. The monoisotopic (exact) mass is 524 g/mol. The smallest absolute Gasteiger partial charge is 0.226 e. The largest absolute Gasteiger partial charge is 0.352 e. The van der Waals surface area contributed by atoms with Crippen molar-refractivity contribution >= 4 is 28.9 Å². The zero-order valence-electron chi connectivity index (χ0n) is 21.9. The highest BCUT2D eigenvalue weighted by Crippen LogP contribution is 2.41. The molecule has 194 valence electrons. The highest BCUT2D eigenvalue weighted by atomic mass is 32.1. The van der Waals surface area contributed by atoms with Crippen molar-refractivity contribution in [2.45, 2.75) is 45.8 Å². The maximum atomic E-state index is 12.9. The van der Waals surface area contributed by atoms with Gasteiger partial charge in [0.15, 0.2) is 5.11 Å². The van der Waals surface area contributed by atoms with Gasteiger partial charge in [0.25, 0.3) is 0 Å². The molecule has 0 radical (unpaired) electrons. The Morgan fingerprint density at radius 2 is 1.79 bits per heavy atom. The number of hydrogen-bond acceptors (Lipinski definition) is 4. The molecule has 2 N–H and O–H groups in total. The topological polar surface area (TPSA) is 75.1 Å². The lowest BCUT2D eigenvalue weighted by molar-refractivity contribution is -0.116. The number of pyridine rings is 2. The Labute approximate surface area is 228 Å². The highest BCUT2D eigenvalue weighted by molar-refractivity contribution is 7.80. The zero-order valence-corrected chi connectivity index (χ0v) is 22.7. The minimum absolute atomic E-state index is 0.0418. The minimum atomic E-state index is -0.126. The van der Waals surface area contributed by atoms with Crippen LogP contribution in [-0.2, 0) is 11.3 Å². The van der Waals surface area contributed by atoms with Crippen molar-refractivity contribution in [3.8, 4) is 0 Å². The van der Waals surface area contributed by atoms with E-state index in [-0.39, 0.29) is 18.0 Å². The van der Waals surface area contributed by atoms with Gasteiger partial charge in [-0.1, -0.05) is 23.8 Å². The molecule has 3 aromatic heterocycles. The standard InChI is InChI=1S/C30H32N6OS/c1-20-7-9-24(10-8-20)33-27(37)13-17-35-29(28(34-30(35)38)26-6-4-5-14-32-26)25-18-21(2)36(22(25)3)19-23-11-15-31-16-12-23/h4-12,14-16,18,28-29H,13,17,19H2,1-3H3,(H,33,37)(H,34,38). The van der Waals surface area contributed by atoms with Crippen molar-refractivity contribution in [3.63, 3.8) is 0 Å². The second-order valence-electron chi connectivity index (χ2n) is 9.75. The van der Waals surface area contributed by atoms with Crippen LogP contribution in [0, 0.1) is 20.8 Å². The van der Waals surface area contributed by atoms with Gasteiger partial charge in [-0.2, -0.15) is 0 Å². The van der Waals surface area contributed by atoms with Crippen LogP contribution in [0.4, 0.5) is 5.69 Å². The Hall–Kier alpha value is -4.04.